The summed E-state index contributed by atoms with van der Waals surface area (Å²) in [6.07, 6.45) is 1.02. The van der Waals surface area contributed by atoms with E-state index in [-0.39, 0.29) is 17.9 Å². The van der Waals surface area contributed by atoms with Crippen molar-refractivity contribution in [2.24, 2.45) is 0 Å². The third-order valence-corrected chi connectivity index (χ3v) is 6.42. The molecule has 158 valence electrons. The Labute approximate surface area is 179 Å². The molecule has 6 nitrogen and oxygen atoms in total. The molecule has 0 spiro atoms. The number of benzene rings is 2. The molecule has 8 heteroatoms. The highest BCUT2D eigenvalue weighted by Gasteiger charge is 2.27. The van der Waals surface area contributed by atoms with E-state index in [1.165, 1.54) is 12.1 Å². The first-order chi connectivity index (χ1) is 14.6. The van der Waals surface area contributed by atoms with Gasteiger partial charge in [0.1, 0.15) is 11.6 Å². The van der Waals surface area contributed by atoms with Crippen LogP contribution in [0.2, 0.25) is 0 Å². The Bertz CT molecular complexity index is 912. The van der Waals surface area contributed by atoms with E-state index in [9.17, 15) is 14.0 Å². The van der Waals surface area contributed by atoms with Gasteiger partial charge in [0.2, 0.25) is 0 Å². The maximum Gasteiger partial charge on any atom is 0.415 e. The molecule has 0 bridgehead atoms. The maximum absolute atomic E-state index is 13.7. The Hall–Kier alpha value is -2.74. The smallest absolute Gasteiger partial charge is 0.410 e. The standard InChI is InChI=1S/C22H24FN3O3S/c23-16-7-8-20-18(15-16)19(9-14-30-20)24-21(27)25-10-4-11-26(13-12-25)22(28)29-17-5-2-1-3-6-17/h1-3,5-8,15,19H,4,9-14H2,(H,24,27)/t19-/m1/s1. The number of carbonyl (C=O) groups is 2. The zero-order chi connectivity index (χ0) is 20.9. The van der Waals surface area contributed by atoms with E-state index in [0.29, 0.717) is 38.3 Å². The molecule has 2 aromatic rings. The molecule has 30 heavy (non-hydrogen) atoms. The number of nitrogens with one attached hydrogen (secondary N) is 1. The molecule has 2 aliphatic heterocycles. The first-order valence-corrected chi connectivity index (χ1v) is 11.1. The third kappa shape index (κ3) is 4.87. The summed E-state index contributed by atoms with van der Waals surface area (Å²) in [6, 6.07) is 13.3. The van der Waals surface area contributed by atoms with Crippen molar-refractivity contribution in [3.63, 3.8) is 0 Å². The summed E-state index contributed by atoms with van der Waals surface area (Å²) < 4.78 is 19.1. The van der Waals surface area contributed by atoms with Crippen molar-refractivity contribution in [3.05, 3.63) is 59.9 Å². The molecule has 0 unspecified atom stereocenters. The average Bonchev–Trinajstić information content (AvgIpc) is 3.01. The lowest BCUT2D eigenvalue weighted by Crippen LogP contribution is -2.44. The second-order valence-electron chi connectivity index (χ2n) is 7.33. The Morgan fingerprint density at radius 3 is 2.63 bits per heavy atom. The Morgan fingerprint density at radius 1 is 1.03 bits per heavy atom. The van der Waals surface area contributed by atoms with E-state index in [1.54, 1.807) is 39.8 Å². The molecule has 2 aromatic carbocycles. The lowest BCUT2D eigenvalue weighted by Gasteiger charge is -2.29. The number of hydrogen-bond donors (Lipinski definition) is 1. The van der Waals surface area contributed by atoms with Crippen LogP contribution in [0.3, 0.4) is 0 Å². The van der Waals surface area contributed by atoms with Gasteiger partial charge in [-0.1, -0.05) is 18.2 Å². The van der Waals surface area contributed by atoms with Gasteiger partial charge in [0.05, 0.1) is 6.04 Å². The van der Waals surface area contributed by atoms with Crippen molar-refractivity contribution in [1.29, 1.82) is 0 Å². The van der Waals surface area contributed by atoms with Crippen LogP contribution < -0.4 is 10.1 Å². The number of rotatable bonds is 2. The van der Waals surface area contributed by atoms with Crippen LogP contribution in [0, 0.1) is 5.82 Å². The lowest BCUT2D eigenvalue weighted by atomic mass is 10.0. The molecular formula is C22H24FN3O3S. The minimum Gasteiger partial charge on any atom is -0.410 e. The summed E-state index contributed by atoms with van der Waals surface area (Å²) in [7, 11) is 0. The Morgan fingerprint density at radius 2 is 1.80 bits per heavy atom. The number of carbonyl (C=O) groups excluding carboxylic acids is 2. The summed E-state index contributed by atoms with van der Waals surface area (Å²) in [5, 5.41) is 3.06. The number of nitrogens with zero attached hydrogens (tertiary/aromatic N) is 2. The van der Waals surface area contributed by atoms with E-state index in [4.69, 9.17) is 4.74 Å². The minimum atomic E-state index is -0.405. The van der Waals surface area contributed by atoms with Gasteiger partial charge in [-0.25, -0.2) is 14.0 Å². The zero-order valence-electron chi connectivity index (χ0n) is 16.6. The van der Waals surface area contributed by atoms with Crippen molar-refractivity contribution in [2.75, 3.05) is 31.9 Å². The molecule has 1 fully saturated rings. The molecule has 1 saturated heterocycles. The van der Waals surface area contributed by atoms with Crippen LogP contribution in [0.1, 0.15) is 24.4 Å². The molecule has 0 radical (unpaired) electrons. The van der Waals surface area contributed by atoms with E-state index >= 15 is 0 Å². The molecule has 2 heterocycles. The fourth-order valence-electron chi connectivity index (χ4n) is 3.71. The summed E-state index contributed by atoms with van der Waals surface area (Å²) in [5.74, 6) is 1.09. The molecule has 2 aliphatic rings. The molecule has 0 aromatic heterocycles. The number of fused-ring (bicyclic) bond motifs is 1. The van der Waals surface area contributed by atoms with E-state index < -0.39 is 6.09 Å². The number of urea groups is 1. The fourth-order valence-corrected chi connectivity index (χ4v) is 4.82. The van der Waals surface area contributed by atoms with Crippen molar-refractivity contribution >= 4 is 23.9 Å². The number of halogens is 1. The monoisotopic (exact) mass is 429 g/mol. The van der Waals surface area contributed by atoms with Gasteiger partial charge in [-0.3, -0.25) is 0 Å². The van der Waals surface area contributed by atoms with Crippen molar-refractivity contribution in [3.8, 4) is 5.75 Å². The summed E-state index contributed by atoms with van der Waals surface area (Å²) >= 11 is 1.68. The van der Waals surface area contributed by atoms with Gasteiger partial charge in [0.15, 0.2) is 0 Å². The molecular weight excluding hydrogens is 405 g/mol. The van der Waals surface area contributed by atoms with Gasteiger partial charge in [-0.05, 0) is 48.7 Å². The molecule has 4 rings (SSSR count). The maximum atomic E-state index is 13.7. The van der Waals surface area contributed by atoms with Gasteiger partial charge in [-0.15, -0.1) is 11.8 Å². The second kappa shape index (κ2) is 9.38. The summed E-state index contributed by atoms with van der Waals surface area (Å²) in [5.41, 5.74) is 0.836. The van der Waals surface area contributed by atoms with Gasteiger partial charge < -0.3 is 19.9 Å². The highest BCUT2D eigenvalue weighted by molar-refractivity contribution is 7.99. The van der Waals surface area contributed by atoms with Gasteiger partial charge in [0.25, 0.3) is 0 Å². The first-order valence-electron chi connectivity index (χ1n) is 10.1. The predicted molar refractivity (Wildman–Crippen MR) is 113 cm³/mol. The molecule has 1 atom stereocenters. The predicted octanol–water partition coefficient (Wildman–Crippen LogP) is 4.28. The van der Waals surface area contributed by atoms with Crippen LogP contribution in [0.5, 0.6) is 5.75 Å². The average molecular weight is 430 g/mol. The number of thioether (sulfide) groups is 1. The van der Waals surface area contributed by atoms with Crippen LogP contribution in [0.25, 0.3) is 0 Å². The Balaban J connectivity index is 1.34. The van der Waals surface area contributed by atoms with Gasteiger partial charge >= 0.3 is 12.1 Å². The zero-order valence-corrected chi connectivity index (χ0v) is 17.4. The first kappa shape index (κ1) is 20.5. The van der Waals surface area contributed by atoms with Crippen molar-refractivity contribution in [2.45, 2.75) is 23.8 Å². The second-order valence-corrected chi connectivity index (χ2v) is 8.47. The fraction of sp³-hybridized carbons (Fsp3) is 0.364. The van der Waals surface area contributed by atoms with E-state index in [0.717, 1.165) is 22.6 Å². The van der Waals surface area contributed by atoms with Crippen LogP contribution in [-0.2, 0) is 0 Å². The normalized spacial score (nSPS) is 18.9. The number of hydrogen-bond acceptors (Lipinski definition) is 4. The number of amides is 3. The SMILES string of the molecule is O=C(N[C@@H]1CCSc2ccc(F)cc21)N1CCCN(C(=O)Oc2ccccc2)CC1. The topological polar surface area (TPSA) is 61.9 Å². The highest BCUT2D eigenvalue weighted by atomic mass is 32.2. The summed E-state index contributed by atoms with van der Waals surface area (Å²) in [4.78, 5) is 29.6. The van der Waals surface area contributed by atoms with E-state index in [1.807, 2.05) is 18.2 Å². The number of ether oxygens (including phenoxy) is 1. The lowest BCUT2D eigenvalue weighted by molar-refractivity contribution is 0.153. The summed E-state index contributed by atoms with van der Waals surface area (Å²) in [6.45, 7) is 1.92. The van der Waals surface area contributed by atoms with Crippen LogP contribution in [0.15, 0.2) is 53.4 Å². The highest BCUT2D eigenvalue weighted by Crippen LogP contribution is 2.36. The number of para-hydroxylation sites is 1. The van der Waals surface area contributed by atoms with Gasteiger partial charge in [-0.2, -0.15) is 0 Å². The van der Waals surface area contributed by atoms with Crippen molar-refractivity contribution in [1.82, 2.24) is 15.1 Å². The molecule has 0 saturated carbocycles. The Kier molecular flexibility index (Phi) is 6.42. The van der Waals surface area contributed by atoms with Crippen LogP contribution >= 0.6 is 11.8 Å². The van der Waals surface area contributed by atoms with E-state index in [2.05, 4.69) is 5.32 Å². The van der Waals surface area contributed by atoms with Crippen LogP contribution in [0.4, 0.5) is 14.0 Å². The van der Waals surface area contributed by atoms with Crippen LogP contribution in [-0.4, -0.2) is 53.9 Å². The quantitative estimate of drug-likeness (QED) is 0.774. The van der Waals surface area contributed by atoms with Gasteiger partial charge in [0, 0.05) is 36.8 Å². The van der Waals surface area contributed by atoms with Crippen molar-refractivity contribution < 1.29 is 18.7 Å². The third-order valence-electron chi connectivity index (χ3n) is 5.30. The molecule has 3 amide bonds. The largest absolute Gasteiger partial charge is 0.415 e. The molecule has 1 N–H and O–H groups in total. The minimum absolute atomic E-state index is 0.180. The molecule has 0 aliphatic carbocycles.